The Kier molecular flexibility index (Phi) is 4.89. The zero-order valence-electron chi connectivity index (χ0n) is 6.00. The van der Waals surface area contributed by atoms with Crippen LogP contribution in [0.2, 0.25) is 5.02 Å². The smallest absolute Gasteiger partial charge is 0.0462 e. The lowest BCUT2D eigenvalue weighted by atomic mass is 10.2. The first-order valence-corrected chi connectivity index (χ1v) is 3.34. The number of nitrogens with zero attached hydrogens (tertiary/aromatic N) is 1. The highest BCUT2D eigenvalue weighted by Gasteiger charge is 1.85. The van der Waals surface area contributed by atoms with Crippen molar-refractivity contribution < 1.29 is 0 Å². The Balaban J connectivity index is 0.000000461. The third kappa shape index (κ3) is 3.44. The minimum Gasteiger partial charge on any atom is -0.202 e. The van der Waals surface area contributed by atoms with Gasteiger partial charge in [0.25, 0.3) is 0 Å². The molecule has 11 heavy (non-hydrogen) atoms. The molecule has 0 fully saturated rings. The molecular formula is C9H8ClN. The van der Waals surface area contributed by atoms with Crippen LogP contribution in [0.3, 0.4) is 0 Å². The van der Waals surface area contributed by atoms with Gasteiger partial charge in [-0.1, -0.05) is 36.4 Å². The molecule has 0 saturated heterocycles. The molecule has 0 bridgehead atoms. The summed E-state index contributed by atoms with van der Waals surface area (Å²) in [5.74, 6) is 0. The van der Waals surface area contributed by atoms with E-state index in [1.165, 1.54) is 0 Å². The van der Waals surface area contributed by atoms with Crippen molar-refractivity contribution in [3.63, 3.8) is 0 Å². The molecule has 1 nitrogen and oxygen atoms in total. The van der Waals surface area contributed by atoms with E-state index in [1.807, 2.05) is 24.3 Å². The highest BCUT2D eigenvalue weighted by Crippen LogP contribution is 2.10. The fraction of sp³-hybridized carbons (Fsp3) is 0. The summed E-state index contributed by atoms with van der Waals surface area (Å²) in [5.41, 5.74) is 1.06. The number of nitriles is 1. The molecule has 56 valence electrons. The Morgan fingerprint density at radius 1 is 1.45 bits per heavy atom. The van der Waals surface area contributed by atoms with Crippen LogP contribution in [0, 0.1) is 11.8 Å². The van der Waals surface area contributed by atoms with Crippen molar-refractivity contribution in [2.75, 3.05) is 0 Å². The summed E-state index contributed by atoms with van der Waals surface area (Å²) >= 11 is 5.68. The molecule has 0 radical (unpaired) electrons. The molecule has 2 heteroatoms. The molecule has 0 aliphatic rings. The van der Waals surface area contributed by atoms with Gasteiger partial charge in [0, 0.05) is 11.6 Å². The third-order valence-electron chi connectivity index (χ3n) is 1.08. The van der Waals surface area contributed by atoms with Crippen LogP contribution in [0.4, 0.5) is 0 Å². The number of rotatable bonds is 1. The largest absolute Gasteiger partial charge is 0.202 e. The zero-order chi connectivity index (χ0) is 8.69. The van der Waals surface area contributed by atoms with E-state index in [0.29, 0.717) is 0 Å². The first kappa shape index (κ1) is 9.74. The van der Waals surface area contributed by atoms with E-state index in [-0.39, 0.29) is 0 Å². The van der Waals surface area contributed by atoms with Crippen LogP contribution in [0.5, 0.6) is 0 Å². The van der Waals surface area contributed by atoms with Crippen molar-refractivity contribution in [1.29, 1.82) is 5.26 Å². The predicted octanol–water partition coefficient (Wildman–Crippen LogP) is 3.12. The molecule has 0 spiro atoms. The van der Waals surface area contributed by atoms with Crippen LogP contribution in [-0.2, 0) is 0 Å². The quantitative estimate of drug-likeness (QED) is 0.627. The Bertz CT molecular complexity index is 253. The van der Waals surface area contributed by atoms with E-state index < -0.39 is 0 Å². The van der Waals surface area contributed by atoms with Crippen molar-refractivity contribution in [2.24, 2.45) is 0 Å². The number of hydrogen-bond donors (Lipinski definition) is 0. The fourth-order valence-electron chi connectivity index (χ4n) is 0.634. The lowest BCUT2D eigenvalue weighted by Gasteiger charge is -1.90. The second-order valence-electron chi connectivity index (χ2n) is 1.76. The van der Waals surface area contributed by atoms with Gasteiger partial charge in [-0.05, 0) is 17.7 Å². The molecule has 0 heterocycles. The molecule has 0 amide bonds. The van der Waals surface area contributed by atoms with Gasteiger partial charge in [0.05, 0.1) is 0 Å². The van der Waals surface area contributed by atoms with Crippen LogP contribution < -0.4 is 0 Å². The third-order valence-corrected chi connectivity index (χ3v) is 1.32. The van der Waals surface area contributed by atoms with E-state index in [4.69, 9.17) is 16.9 Å². The summed E-state index contributed by atoms with van der Waals surface area (Å²) in [7, 11) is 0. The highest BCUT2D eigenvalue weighted by molar-refractivity contribution is 6.30. The van der Waals surface area contributed by atoms with Gasteiger partial charge in [0.2, 0.25) is 0 Å². The van der Waals surface area contributed by atoms with E-state index in [2.05, 4.69) is 13.2 Å². The maximum atomic E-state index is 6.50. The van der Waals surface area contributed by atoms with Crippen molar-refractivity contribution in [2.45, 2.75) is 0 Å². The van der Waals surface area contributed by atoms with E-state index in [1.54, 1.807) is 6.08 Å². The standard InChI is InChI=1S/C8H7Cl.CHN/c1-2-7-4-3-5-8(9)6-7;1-2/h2-6H,1H2;1H. The molecule has 0 unspecified atom stereocenters. The Morgan fingerprint density at radius 2 is 2.09 bits per heavy atom. The summed E-state index contributed by atoms with van der Waals surface area (Å²) in [5, 5.41) is 7.26. The summed E-state index contributed by atoms with van der Waals surface area (Å²) < 4.78 is 0. The first-order chi connectivity index (χ1) is 5.33. The normalized spacial score (nSPS) is 7.55. The molecule has 0 N–H and O–H groups in total. The molecule has 0 atom stereocenters. The van der Waals surface area contributed by atoms with Crippen LogP contribution in [-0.4, -0.2) is 0 Å². The van der Waals surface area contributed by atoms with Crippen molar-refractivity contribution in [3.8, 4) is 6.57 Å². The Hall–Kier alpha value is -1.26. The molecule has 0 saturated carbocycles. The van der Waals surface area contributed by atoms with Crippen molar-refractivity contribution in [1.82, 2.24) is 0 Å². The SMILES string of the molecule is C#N.C=Cc1cccc(Cl)c1. The fourth-order valence-corrected chi connectivity index (χ4v) is 0.832. The topological polar surface area (TPSA) is 23.8 Å². The Morgan fingerprint density at radius 3 is 2.45 bits per heavy atom. The average Bonchev–Trinajstić information content (AvgIpc) is 2.08. The van der Waals surface area contributed by atoms with Gasteiger partial charge >= 0.3 is 0 Å². The lowest BCUT2D eigenvalue weighted by Crippen LogP contribution is -1.67. The second kappa shape index (κ2) is 5.52. The monoisotopic (exact) mass is 165 g/mol. The van der Waals surface area contributed by atoms with Gasteiger partial charge in [-0.3, -0.25) is 0 Å². The molecule has 1 aromatic rings. The van der Waals surface area contributed by atoms with Crippen molar-refractivity contribution in [3.05, 3.63) is 41.4 Å². The van der Waals surface area contributed by atoms with Gasteiger partial charge in [0.15, 0.2) is 0 Å². The van der Waals surface area contributed by atoms with E-state index in [9.17, 15) is 0 Å². The van der Waals surface area contributed by atoms with Gasteiger partial charge in [0.1, 0.15) is 0 Å². The molecular weight excluding hydrogens is 158 g/mol. The van der Waals surface area contributed by atoms with Gasteiger partial charge in [-0.15, -0.1) is 0 Å². The zero-order valence-corrected chi connectivity index (χ0v) is 6.75. The van der Waals surface area contributed by atoms with Crippen LogP contribution >= 0.6 is 11.6 Å². The lowest BCUT2D eigenvalue weighted by molar-refractivity contribution is 1.58. The summed E-state index contributed by atoms with van der Waals surface area (Å²) in [4.78, 5) is 0. The second-order valence-corrected chi connectivity index (χ2v) is 2.20. The molecule has 0 aromatic heterocycles. The van der Waals surface area contributed by atoms with Crippen LogP contribution in [0.1, 0.15) is 5.56 Å². The summed E-state index contributed by atoms with van der Waals surface area (Å²) in [6, 6.07) is 7.57. The molecule has 0 aliphatic carbocycles. The number of halogens is 1. The van der Waals surface area contributed by atoms with Gasteiger partial charge < -0.3 is 0 Å². The van der Waals surface area contributed by atoms with Gasteiger partial charge in [-0.25, -0.2) is 5.26 Å². The van der Waals surface area contributed by atoms with Gasteiger partial charge in [-0.2, -0.15) is 0 Å². The van der Waals surface area contributed by atoms with E-state index >= 15 is 0 Å². The van der Waals surface area contributed by atoms with Crippen LogP contribution in [0.25, 0.3) is 6.08 Å². The minimum absolute atomic E-state index is 0.757. The van der Waals surface area contributed by atoms with E-state index in [0.717, 1.165) is 10.6 Å². The molecule has 0 aliphatic heterocycles. The molecule has 1 aromatic carbocycles. The maximum absolute atomic E-state index is 6.50. The number of hydrogen-bond acceptors (Lipinski definition) is 1. The molecule has 1 rings (SSSR count). The minimum atomic E-state index is 0.757. The highest BCUT2D eigenvalue weighted by atomic mass is 35.5. The Labute approximate surface area is 71.5 Å². The first-order valence-electron chi connectivity index (χ1n) is 2.97. The number of benzene rings is 1. The van der Waals surface area contributed by atoms with Crippen LogP contribution in [0.15, 0.2) is 30.8 Å². The summed E-state index contributed by atoms with van der Waals surface area (Å²) in [6.07, 6.45) is 1.77. The van der Waals surface area contributed by atoms with Crippen molar-refractivity contribution >= 4 is 17.7 Å². The summed E-state index contributed by atoms with van der Waals surface area (Å²) in [6.45, 7) is 7.11. The predicted molar refractivity (Wildman–Crippen MR) is 48.2 cm³/mol. The average molecular weight is 166 g/mol. The maximum Gasteiger partial charge on any atom is 0.0462 e.